The summed E-state index contributed by atoms with van der Waals surface area (Å²) in [6.45, 7) is 1.58. The number of piperidine rings is 1. The Kier molecular flexibility index (Phi) is 5.17. The molecule has 0 spiro atoms. The molecule has 0 aliphatic carbocycles. The van der Waals surface area contributed by atoms with Gasteiger partial charge in [0.2, 0.25) is 5.91 Å². The summed E-state index contributed by atoms with van der Waals surface area (Å²) in [6, 6.07) is 8.47. The van der Waals surface area contributed by atoms with E-state index in [0.717, 1.165) is 25.9 Å². The average Bonchev–Trinajstić information content (AvgIpc) is 2.96. The van der Waals surface area contributed by atoms with Crippen molar-refractivity contribution in [2.45, 2.75) is 31.2 Å². The number of halogens is 2. The molecule has 2 aliphatic rings. The fourth-order valence-electron chi connectivity index (χ4n) is 4.02. The van der Waals surface area contributed by atoms with Gasteiger partial charge >= 0.3 is 0 Å². The first-order valence-corrected chi connectivity index (χ1v) is 9.75. The predicted molar refractivity (Wildman–Crippen MR) is 105 cm³/mol. The third-order valence-electron chi connectivity index (χ3n) is 5.38. The summed E-state index contributed by atoms with van der Waals surface area (Å²) >= 11 is 12.1. The van der Waals surface area contributed by atoms with Gasteiger partial charge in [-0.05, 0) is 67.7 Å². The molecule has 0 radical (unpaired) electrons. The third kappa shape index (κ3) is 3.72. The number of rotatable bonds is 3. The van der Waals surface area contributed by atoms with Gasteiger partial charge in [-0.15, -0.1) is 0 Å². The van der Waals surface area contributed by atoms with Crippen molar-refractivity contribution < 1.29 is 9.59 Å². The van der Waals surface area contributed by atoms with Crippen LogP contribution in [0.5, 0.6) is 0 Å². The number of hydrogen-bond acceptors (Lipinski definition) is 4. The molecule has 1 atom stereocenters. The Balaban J connectivity index is 1.46. The lowest BCUT2D eigenvalue weighted by atomic mass is 9.89. The standard InChI is InChI=1S/C20H19Cl2N3O2/c21-15-9-16(22)11-17(10-15)25-19(26)12-18(20(25)27)24-7-3-14(4-8-24)13-1-5-23-6-2-13/h1-2,5-6,9-11,14,18H,3-4,7-8,12H2/t18-/m0/s1. The van der Waals surface area contributed by atoms with Gasteiger partial charge in [0.1, 0.15) is 0 Å². The number of carbonyl (C=O) groups excluding carboxylic acids is 2. The van der Waals surface area contributed by atoms with E-state index < -0.39 is 6.04 Å². The molecule has 1 aromatic carbocycles. The Morgan fingerprint density at radius 2 is 1.59 bits per heavy atom. The van der Waals surface area contributed by atoms with Crippen molar-refractivity contribution in [2.75, 3.05) is 18.0 Å². The van der Waals surface area contributed by atoms with Crippen LogP contribution in [-0.4, -0.2) is 40.8 Å². The van der Waals surface area contributed by atoms with Crippen molar-refractivity contribution in [3.05, 3.63) is 58.3 Å². The van der Waals surface area contributed by atoms with E-state index in [9.17, 15) is 9.59 Å². The SMILES string of the molecule is O=C1C[C@H](N2CCC(c3ccncc3)CC2)C(=O)N1c1cc(Cl)cc(Cl)c1. The second kappa shape index (κ2) is 7.58. The van der Waals surface area contributed by atoms with Crippen LogP contribution in [0.3, 0.4) is 0 Å². The number of carbonyl (C=O) groups is 2. The summed E-state index contributed by atoms with van der Waals surface area (Å²) in [4.78, 5) is 32.9. The molecule has 2 aliphatic heterocycles. The Hall–Kier alpha value is -1.95. The van der Waals surface area contributed by atoms with Gasteiger partial charge in [-0.2, -0.15) is 0 Å². The first kappa shape index (κ1) is 18.4. The number of amides is 2. The van der Waals surface area contributed by atoms with Crippen molar-refractivity contribution in [1.82, 2.24) is 9.88 Å². The van der Waals surface area contributed by atoms with Crippen LogP contribution >= 0.6 is 23.2 Å². The minimum Gasteiger partial charge on any atom is -0.291 e. The predicted octanol–water partition coefficient (Wildman–Crippen LogP) is 3.90. The van der Waals surface area contributed by atoms with Gasteiger partial charge < -0.3 is 0 Å². The molecule has 2 amide bonds. The zero-order valence-corrected chi connectivity index (χ0v) is 16.2. The normalized spacial score (nSPS) is 21.9. The number of hydrogen-bond donors (Lipinski definition) is 0. The number of aromatic nitrogens is 1. The second-order valence-corrected chi connectivity index (χ2v) is 7.88. The van der Waals surface area contributed by atoms with Gasteiger partial charge in [-0.1, -0.05) is 23.2 Å². The molecule has 1 aromatic heterocycles. The zero-order chi connectivity index (χ0) is 19.0. The largest absolute Gasteiger partial charge is 0.291 e. The molecule has 3 heterocycles. The molecule has 0 N–H and O–H groups in total. The van der Waals surface area contributed by atoms with Crippen LogP contribution in [0.2, 0.25) is 10.0 Å². The lowest BCUT2D eigenvalue weighted by Crippen LogP contribution is -2.45. The van der Waals surface area contributed by atoms with Gasteiger partial charge in [0, 0.05) is 22.4 Å². The van der Waals surface area contributed by atoms with Gasteiger partial charge in [0.25, 0.3) is 5.91 Å². The molecule has 2 saturated heterocycles. The second-order valence-electron chi connectivity index (χ2n) is 7.01. The highest BCUT2D eigenvalue weighted by atomic mass is 35.5. The highest BCUT2D eigenvalue weighted by Crippen LogP contribution is 2.33. The molecule has 0 saturated carbocycles. The van der Waals surface area contributed by atoms with E-state index >= 15 is 0 Å². The lowest BCUT2D eigenvalue weighted by Gasteiger charge is -2.35. The van der Waals surface area contributed by atoms with E-state index in [2.05, 4.69) is 22.0 Å². The number of imide groups is 1. The van der Waals surface area contributed by atoms with E-state index in [1.54, 1.807) is 18.2 Å². The van der Waals surface area contributed by atoms with Crippen molar-refractivity contribution >= 4 is 40.7 Å². The van der Waals surface area contributed by atoms with E-state index in [4.69, 9.17) is 23.2 Å². The van der Waals surface area contributed by atoms with Gasteiger partial charge in [0.15, 0.2) is 0 Å². The summed E-state index contributed by atoms with van der Waals surface area (Å²) < 4.78 is 0. The molecule has 4 rings (SSSR count). The quantitative estimate of drug-likeness (QED) is 0.729. The van der Waals surface area contributed by atoms with Crippen LogP contribution < -0.4 is 4.90 Å². The minimum absolute atomic E-state index is 0.194. The molecule has 0 bridgehead atoms. The van der Waals surface area contributed by atoms with Crippen LogP contribution in [0.4, 0.5) is 5.69 Å². The van der Waals surface area contributed by atoms with E-state index in [1.807, 2.05) is 12.4 Å². The van der Waals surface area contributed by atoms with Crippen molar-refractivity contribution in [1.29, 1.82) is 0 Å². The number of anilines is 1. The monoisotopic (exact) mass is 403 g/mol. The molecule has 5 nitrogen and oxygen atoms in total. The average molecular weight is 404 g/mol. The maximum atomic E-state index is 13.0. The van der Waals surface area contributed by atoms with Crippen molar-refractivity contribution in [3.63, 3.8) is 0 Å². The maximum Gasteiger partial charge on any atom is 0.251 e. The molecule has 2 fully saturated rings. The van der Waals surface area contributed by atoms with E-state index in [1.165, 1.54) is 10.5 Å². The summed E-state index contributed by atoms with van der Waals surface area (Å²) in [5.41, 5.74) is 1.73. The Labute approximate surface area is 167 Å². The van der Waals surface area contributed by atoms with Crippen LogP contribution in [0, 0.1) is 0 Å². The highest BCUT2D eigenvalue weighted by Gasteiger charge is 2.43. The summed E-state index contributed by atoms with van der Waals surface area (Å²) in [6.07, 6.45) is 5.75. The van der Waals surface area contributed by atoms with Crippen LogP contribution in [0.15, 0.2) is 42.7 Å². The smallest absolute Gasteiger partial charge is 0.251 e. The fraction of sp³-hybridized carbons (Fsp3) is 0.350. The topological polar surface area (TPSA) is 53.5 Å². The molecule has 27 heavy (non-hydrogen) atoms. The third-order valence-corrected chi connectivity index (χ3v) is 5.81. The van der Waals surface area contributed by atoms with Crippen molar-refractivity contribution in [2.24, 2.45) is 0 Å². The molecular formula is C20H19Cl2N3O2. The van der Waals surface area contributed by atoms with Crippen LogP contribution in [0.1, 0.15) is 30.7 Å². The molecule has 0 unspecified atom stereocenters. The lowest BCUT2D eigenvalue weighted by molar-refractivity contribution is -0.123. The minimum atomic E-state index is -0.409. The molecule has 2 aromatic rings. The number of likely N-dealkylation sites (tertiary alicyclic amines) is 1. The molecule has 140 valence electrons. The fourth-order valence-corrected chi connectivity index (χ4v) is 4.54. The van der Waals surface area contributed by atoms with Crippen molar-refractivity contribution in [3.8, 4) is 0 Å². The van der Waals surface area contributed by atoms with Gasteiger partial charge in [-0.25, -0.2) is 4.90 Å². The first-order valence-electron chi connectivity index (χ1n) is 9.00. The van der Waals surface area contributed by atoms with E-state index in [-0.39, 0.29) is 18.2 Å². The molecule has 7 heteroatoms. The van der Waals surface area contributed by atoms with Crippen LogP contribution in [0.25, 0.3) is 0 Å². The summed E-state index contributed by atoms with van der Waals surface area (Å²) in [5.74, 6) is 0.0691. The Bertz CT molecular complexity index is 847. The van der Waals surface area contributed by atoms with Crippen LogP contribution in [-0.2, 0) is 9.59 Å². The maximum absolute atomic E-state index is 13.0. The number of benzene rings is 1. The summed E-state index contributed by atoms with van der Waals surface area (Å²) in [7, 11) is 0. The number of nitrogens with zero attached hydrogens (tertiary/aromatic N) is 3. The first-order chi connectivity index (χ1) is 13.0. The zero-order valence-electron chi connectivity index (χ0n) is 14.6. The highest BCUT2D eigenvalue weighted by molar-refractivity contribution is 6.35. The molecular weight excluding hydrogens is 385 g/mol. The number of pyridine rings is 1. The van der Waals surface area contributed by atoms with E-state index in [0.29, 0.717) is 21.7 Å². The summed E-state index contributed by atoms with van der Waals surface area (Å²) in [5, 5.41) is 0.805. The van der Waals surface area contributed by atoms with Gasteiger partial charge in [0.05, 0.1) is 18.2 Å². The van der Waals surface area contributed by atoms with Gasteiger partial charge in [-0.3, -0.25) is 19.5 Å². The Morgan fingerprint density at radius 1 is 0.963 bits per heavy atom. The Morgan fingerprint density at radius 3 is 2.22 bits per heavy atom.